The van der Waals surface area contributed by atoms with Crippen LogP contribution in [0, 0.1) is 5.41 Å². The Morgan fingerprint density at radius 2 is 1.67 bits per heavy atom. The highest BCUT2D eigenvalue weighted by Gasteiger charge is 2.41. The normalized spacial score (nSPS) is 18.5. The molecule has 0 bridgehead atoms. The van der Waals surface area contributed by atoms with Crippen molar-refractivity contribution < 1.29 is 14.3 Å². The van der Waals surface area contributed by atoms with E-state index >= 15 is 0 Å². The molecule has 0 unspecified atom stereocenters. The topological polar surface area (TPSA) is 49.9 Å². The van der Waals surface area contributed by atoms with Gasteiger partial charge < -0.3 is 14.5 Å². The van der Waals surface area contributed by atoms with Crippen LogP contribution in [0.2, 0.25) is 0 Å². The summed E-state index contributed by atoms with van der Waals surface area (Å²) in [6, 6.07) is 17.9. The van der Waals surface area contributed by atoms with Crippen LogP contribution in [0.25, 0.3) is 0 Å². The number of amides is 2. The van der Waals surface area contributed by atoms with Gasteiger partial charge in [0, 0.05) is 32.6 Å². The zero-order valence-corrected chi connectivity index (χ0v) is 17.7. The van der Waals surface area contributed by atoms with Crippen molar-refractivity contribution in [3.05, 3.63) is 65.7 Å². The van der Waals surface area contributed by atoms with Crippen LogP contribution < -0.4 is 4.74 Å². The highest BCUT2D eigenvalue weighted by atomic mass is 16.5. The number of likely N-dealkylation sites (tertiary alicyclic amines) is 2. The molecule has 2 aromatic rings. The second-order valence-electron chi connectivity index (χ2n) is 8.64. The molecule has 2 aromatic carbocycles. The maximum Gasteiger partial charge on any atom is 0.226 e. The van der Waals surface area contributed by atoms with E-state index in [1.165, 1.54) is 0 Å². The lowest BCUT2D eigenvalue weighted by Gasteiger charge is -2.47. The fourth-order valence-electron chi connectivity index (χ4n) is 4.72. The molecular formula is C25H30N2O3. The van der Waals surface area contributed by atoms with Crippen molar-refractivity contribution in [3.63, 3.8) is 0 Å². The molecule has 0 aromatic heterocycles. The van der Waals surface area contributed by atoms with Gasteiger partial charge in [-0.2, -0.15) is 0 Å². The van der Waals surface area contributed by atoms with E-state index in [9.17, 15) is 9.59 Å². The SMILES string of the molecule is COc1ccc(CN2CC3(CCC2=O)CCN(C(=O)Cc2ccccc2)CC3)cc1. The van der Waals surface area contributed by atoms with Gasteiger partial charge in [-0.15, -0.1) is 0 Å². The first kappa shape index (κ1) is 20.5. The third-order valence-corrected chi connectivity index (χ3v) is 6.66. The zero-order valence-electron chi connectivity index (χ0n) is 17.7. The van der Waals surface area contributed by atoms with Crippen LogP contribution in [-0.4, -0.2) is 48.4 Å². The van der Waals surface area contributed by atoms with Gasteiger partial charge in [-0.1, -0.05) is 42.5 Å². The van der Waals surface area contributed by atoms with E-state index in [1.54, 1.807) is 7.11 Å². The molecule has 2 aliphatic heterocycles. The molecule has 1 spiro atoms. The first-order chi connectivity index (χ1) is 14.6. The van der Waals surface area contributed by atoms with Crippen molar-refractivity contribution >= 4 is 11.8 Å². The van der Waals surface area contributed by atoms with E-state index in [-0.39, 0.29) is 17.2 Å². The molecule has 4 rings (SSSR count). The predicted molar refractivity (Wildman–Crippen MR) is 116 cm³/mol. The van der Waals surface area contributed by atoms with Crippen LogP contribution >= 0.6 is 0 Å². The maximum absolute atomic E-state index is 12.7. The van der Waals surface area contributed by atoms with Crippen molar-refractivity contribution in [1.29, 1.82) is 0 Å². The van der Waals surface area contributed by atoms with E-state index in [0.717, 1.165) is 55.8 Å². The third-order valence-electron chi connectivity index (χ3n) is 6.66. The number of nitrogens with zero attached hydrogens (tertiary/aromatic N) is 2. The lowest BCUT2D eigenvalue weighted by Crippen LogP contribution is -2.52. The number of rotatable bonds is 5. The number of hydrogen-bond donors (Lipinski definition) is 0. The van der Waals surface area contributed by atoms with Gasteiger partial charge in [-0.05, 0) is 47.9 Å². The molecule has 0 N–H and O–H groups in total. The number of piperidine rings is 2. The molecule has 5 nitrogen and oxygen atoms in total. The van der Waals surface area contributed by atoms with E-state index in [4.69, 9.17) is 4.74 Å². The van der Waals surface area contributed by atoms with Crippen LogP contribution in [0.15, 0.2) is 54.6 Å². The van der Waals surface area contributed by atoms with Gasteiger partial charge in [-0.3, -0.25) is 9.59 Å². The predicted octanol–water partition coefficient (Wildman–Crippen LogP) is 3.67. The van der Waals surface area contributed by atoms with Gasteiger partial charge in [0.25, 0.3) is 0 Å². The van der Waals surface area contributed by atoms with E-state index in [1.807, 2.05) is 64.4 Å². The fourth-order valence-corrected chi connectivity index (χ4v) is 4.72. The molecular weight excluding hydrogens is 376 g/mol. The number of methoxy groups -OCH3 is 1. The van der Waals surface area contributed by atoms with Crippen molar-refractivity contribution in [1.82, 2.24) is 9.80 Å². The summed E-state index contributed by atoms with van der Waals surface area (Å²) in [7, 11) is 1.66. The minimum atomic E-state index is 0.143. The van der Waals surface area contributed by atoms with Gasteiger partial charge >= 0.3 is 0 Å². The van der Waals surface area contributed by atoms with Crippen molar-refractivity contribution in [2.75, 3.05) is 26.7 Å². The summed E-state index contributed by atoms with van der Waals surface area (Å²) >= 11 is 0. The number of benzene rings is 2. The molecule has 0 saturated carbocycles. The number of carbonyl (C=O) groups excluding carboxylic acids is 2. The van der Waals surface area contributed by atoms with Gasteiger partial charge in [0.15, 0.2) is 0 Å². The lowest BCUT2D eigenvalue weighted by atomic mass is 9.72. The first-order valence-corrected chi connectivity index (χ1v) is 10.8. The van der Waals surface area contributed by atoms with Crippen molar-refractivity contribution in [2.45, 2.75) is 38.6 Å². The molecule has 2 saturated heterocycles. The number of carbonyl (C=O) groups is 2. The Bertz CT molecular complexity index is 871. The fraction of sp³-hybridized carbons (Fsp3) is 0.440. The highest BCUT2D eigenvalue weighted by molar-refractivity contribution is 5.79. The Hall–Kier alpha value is -2.82. The molecule has 2 amide bonds. The number of hydrogen-bond acceptors (Lipinski definition) is 3. The van der Waals surface area contributed by atoms with Crippen LogP contribution in [0.5, 0.6) is 5.75 Å². The summed E-state index contributed by atoms with van der Waals surface area (Å²) in [5, 5.41) is 0. The molecule has 0 aliphatic carbocycles. The Morgan fingerprint density at radius 1 is 0.967 bits per heavy atom. The maximum atomic E-state index is 12.7. The number of ether oxygens (including phenoxy) is 1. The minimum Gasteiger partial charge on any atom is -0.497 e. The second-order valence-corrected chi connectivity index (χ2v) is 8.64. The lowest BCUT2D eigenvalue weighted by molar-refractivity contribution is -0.142. The quantitative estimate of drug-likeness (QED) is 0.761. The molecule has 5 heteroatoms. The van der Waals surface area contributed by atoms with Crippen LogP contribution in [-0.2, 0) is 22.6 Å². The molecule has 2 aliphatic rings. The standard InChI is InChI=1S/C25H30N2O3/c1-30-22-9-7-21(8-10-22)18-27-19-25(12-11-23(27)28)13-15-26(16-14-25)24(29)17-20-5-3-2-4-6-20/h2-10H,11-19H2,1H3. The van der Waals surface area contributed by atoms with Gasteiger partial charge in [0.05, 0.1) is 13.5 Å². The Balaban J connectivity index is 1.34. The van der Waals surface area contributed by atoms with Crippen LogP contribution in [0.1, 0.15) is 36.8 Å². The third kappa shape index (κ3) is 4.66. The molecule has 0 radical (unpaired) electrons. The molecule has 2 heterocycles. The Morgan fingerprint density at radius 3 is 2.33 bits per heavy atom. The summed E-state index contributed by atoms with van der Waals surface area (Å²) in [4.78, 5) is 29.3. The molecule has 30 heavy (non-hydrogen) atoms. The summed E-state index contributed by atoms with van der Waals surface area (Å²) < 4.78 is 5.22. The molecule has 2 fully saturated rings. The highest BCUT2D eigenvalue weighted by Crippen LogP contribution is 2.40. The summed E-state index contributed by atoms with van der Waals surface area (Å²) in [6.07, 6.45) is 3.95. The largest absolute Gasteiger partial charge is 0.497 e. The van der Waals surface area contributed by atoms with Gasteiger partial charge in [0.1, 0.15) is 5.75 Å². The Kier molecular flexibility index (Phi) is 6.07. The van der Waals surface area contributed by atoms with Crippen LogP contribution in [0.3, 0.4) is 0 Å². The van der Waals surface area contributed by atoms with Crippen molar-refractivity contribution in [2.24, 2.45) is 5.41 Å². The average Bonchev–Trinajstić information content (AvgIpc) is 2.78. The summed E-state index contributed by atoms with van der Waals surface area (Å²) in [5.74, 6) is 1.27. The summed E-state index contributed by atoms with van der Waals surface area (Å²) in [5.41, 5.74) is 2.33. The second kappa shape index (κ2) is 8.90. The zero-order chi connectivity index (χ0) is 21.0. The molecule has 0 atom stereocenters. The monoisotopic (exact) mass is 406 g/mol. The average molecular weight is 407 g/mol. The first-order valence-electron chi connectivity index (χ1n) is 10.8. The summed E-state index contributed by atoms with van der Waals surface area (Å²) in [6.45, 7) is 3.01. The molecule has 158 valence electrons. The van der Waals surface area contributed by atoms with Gasteiger partial charge in [-0.25, -0.2) is 0 Å². The van der Waals surface area contributed by atoms with Crippen LogP contribution in [0.4, 0.5) is 0 Å². The minimum absolute atomic E-state index is 0.143. The van der Waals surface area contributed by atoms with E-state index in [2.05, 4.69) is 0 Å². The van der Waals surface area contributed by atoms with E-state index in [0.29, 0.717) is 19.4 Å². The smallest absolute Gasteiger partial charge is 0.226 e. The Labute approximate surface area is 178 Å². The van der Waals surface area contributed by atoms with E-state index < -0.39 is 0 Å². The van der Waals surface area contributed by atoms with Crippen molar-refractivity contribution in [3.8, 4) is 5.75 Å². The van der Waals surface area contributed by atoms with Gasteiger partial charge in [0.2, 0.25) is 11.8 Å².